The second kappa shape index (κ2) is 5.71. The largest absolute Gasteiger partial charge is 0.478 e. The van der Waals surface area contributed by atoms with Crippen molar-refractivity contribution in [3.8, 4) is 0 Å². The summed E-state index contributed by atoms with van der Waals surface area (Å²) in [7, 11) is 0. The lowest BCUT2D eigenvalue weighted by molar-refractivity contribution is 0.0696. The van der Waals surface area contributed by atoms with Gasteiger partial charge in [-0.1, -0.05) is 23.7 Å². The highest BCUT2D eigenvalue weighted by molar-refractivity contribution is 6.35. The third-order valence-electron chi connectivity index (χ3n) is 2.68. The van der Waals surface area contributed by atoms with Crippen LogP contribution in [0.3, 0.4) is 0 Å². The van der Waals surface area contributed by atoms with E-state index in [1.165, 1.54) is 18.5 Å². The zero-order valence-corrected chi connectivity index (χ0v) is 11.3. The minimum atomic E-state index is -1.11. The summed E-state index contributed by atoms with van der Waals surface area (Å²) in [6.07, 6.45) is 2.58. The number of carboxylic acid groups (broad SMARTS) is 1. The van der Waals surface area contributed by atoms with E-state index in [0.717, 1.165) is 5.56 Å². The number of nitrogens with zero attached hydrogens (tertiary/aromatic N) is 1. The molecular formula is C14H11ClN2O3. The minimum Gasteiger partial charge on any atom is -0.478 e. The zero-order chi connectivity index (χ0) is 14.7. The van der Waals surface area contributed by atoms with Crippen molar-refractivity contribution in [1.29, 1.82) is 0 Å². The Morgan fingerprint density at radius 3 is 2.75 bits per heavy atom. The molecule has 2 aromatic rings. The summed E-state index contributed by atoms with van der Waals surface area (Å²) in [5.41, 5.74) is 1.41. The van der Waals surface area contributed by atoms with Gasteiger partial charge in [0.2, 0.25) is 0 Å². The maximum absolute atomic E-state index is 12.1. The van der Waals surface area contributed by atoms with E-state index in [1.54, 1.807) is 25.1 Å². The van der Waals surface area contributed by atoms with Crippen molar-refractivity contribution >= 4 is 29.2 Å². The number of pyridine rings is 1. The smallest absolute Gasteiger partial charge is 0.337 e. The second-order valence-electron chi connectivity index (χ2n) is 4.16. The molecule has 20 heavy (non-hydrogen) atoms. The lowest BCUT2D eigenvalue weighted by atomic mass is 10.1. The van der Waals surface area contributed by atoms with Gasteiger partial charge in [0.1, 0.15) is 0 Å². The molecule has 0 atom stereocenters. The van der Waals surface area contributed by atoms with Crippen LogP contribution in [0, 0.1) is 6.92 Å². The Labute approximate surface area is 120 Å². The molecule has 2 rings (SSSR count). The normalized spacial score (nSPS) is 10.1. The first-order valence-electron chi connectivity index (χ1n) is 5.74. The quantitative estimate of drug-likeness (QED) is 0.911. The zero-order valence-electron chi connectivity index (χ0n) is 10.6. The summed E-state index contributed by atoms with van der Waals surface area (Å²) in [6.45, 7) is 1.80. The number of halogens is 1. The first-order valence-corrected chi connectivity index (χ1v) is 6.11. The van der Waals surface area contributed by atoms with Gasteiger partial charge in [0.15, 0.2) is 0 Å². The Morgan fingerprint density at radius 2 is 2.05 bits per heavy atom. The second-order valence-corrected chi connectivity index (χ2v) is 4.54. The Hall–Kier alpha value is -2.40. The number of rotatable bonds is 3. The molecule has 0 aliphatic carbocycles. The lowest BCUT2D eigenvalue weighted by Crippen LogP contribution is -2.13. The molecule has 1 aromatic carbocycles. The molecular weight excluding hydrogens is 280 g/mol. The SMILES string of the molecule is Cc1cccc(C(=O)Nc2cncc(C(=O)O)c2)c1Cl. The summed E-state index contributed by atoms with van der Waals surface area (Å²) in [6, 6.07) is 6.45. The van der Waals surface area contributed by atoms with Crippen molar-refractivity contribution in [2.75, 3.05) is 5.32 Å². The van der Waals surface area contributed by atoms with Crippen LogP contribution in [0.25, 0.3) is 0 Å². The predicted molar refractivity (Wildman–Crippen MR) is 75.3 cm³/mol. The number of anilines is 1. The van der Waals surface area contributed by atoms with Gasteiger partial charge in [-0.25, -0.2) is 4.79 Å². The van der Waals surface area contributed by atoms with Crippen molar-refractivity contribution in [1.82, 2.24) is 4.98 Å². The Bertz CT molecular complexity index is 686. The van der Waals surface area contributed by atoms with E-state index in [-0.39, 0.29) is 5.56 Å². The molecule has 5 nitrogen and oxygen atoms in total. The number of benzene rings is 1. The number of nitrogens with one attached hydrogen (secondary N) is 1. The van der Waals surface area contributed by atoms with E-state index in [9.17, 15) is 9.59 Å². The maximum atomic E-state index is 12.1. The molecule has 0 spiro atoms. The first kappa shape index (κ1) is 14.0. The number of aromatic nitrogens is 1. The van der Waals surface area contributed by atoms with Gasteiger partial charge in [0, 0.05) is 6.20 Å². The fraction of sp³-hybridized carbons (Fsp3) is 0.0714. The van der Waals surface area contributed by atoms with Gasteiger partial charge < -0.3 is 10.4 Å². The van der Waals surface area contributed by atoms with Gasteiger partial charge >= 0.3 is 5.97 Å². The average molecular weight is 291 g/mol. The number of hydrogen-bond donors (Lipinski definition) is 2. The fourth-order valence-electron chi connectivity index (χ4n) is 1.65. The van der Waals surface area contributed by atoms with Gasteiger partial charge in [-0.15, -0.1) is 0 Å². The monoisotopic (exact) mass is 290 g/mol. The van der Waals surface area contributed by atoms with Crippen LogP contribution >= 0.6 is 11.6 Å². The molecule has 102 valence electrons. The molecule has 6 heteroatoms. The summed E-state index contributed by atoms with van der Waals surface area (Å²) in [5.74, 6) is -1.52. The molecule has 0 aliphatic rings. The molecule has 0 aliphatic heterocycles. The third-order valence-corrected chi connectivity index (χ3v) is 3.18. The van der Waals surface area contributed by atoms with E-state index < -0.39 is 11.9 Å². The molecule has 2 N–H and O–H groups in total. The third kappa shape index (κ3) is 2.95. The van der Waals surface area contributed by atoms with E-state index in [2.05, 4.69) is 10.3 Å². The van der Waals surface area contributed by atoms with Crippen molar-refractivity contribution in [2.24, 2.45) is 0 Å². The van der Waals surface area contributed by atoms with Gasteiger partial charge in [-0.2, -0.15) is 0 Å². The van der Waals surface area contributed by atoms with Gasteiger partial charge in [-0.05, 0) is 24.6 Å². The minimum absolute atomic E-state index is 0.00172. The molecule has 1 amide bonds. The Balaban J connectivity index is 2.26. The summed E-state index contributed by atoms with van der Waals surface area (Å²) in [4.78, 5) is 26.7. The van der Waals surface area contributed by atoms with E-state index in [1.807, 2.05) is 0 Å². The summed E-state index contributed by atoms with van der Waals surface area (Å²) < 4.78 is 0. The van der Waals surface area contributed by atoms with E-state index >= 15 is 0 Å². The lowest BCUT2D eigenvalue weighted by Gasteiger charge is -2.08. The van der Waals surface area contributed by atoms with Crippen LogP contribution < -0.4 is 5.32 Å². The van der Waals surface area contributed by atoms with Crippen molar-refractivity contribution in [3.63, 3.8) is 0 Å². The summed E-state index contributed by atoms with van der Waals surface area (Å²) in [5, 5.41) is 11.8. The van der Waals surface area contributed by atoms with Gasteiger partial charge in [0.05, 0.1) is 28.0 Å². The molecule has 0 radical (unpaired) electrons. The maximum Gasteiger partial charge on any atom is 0.337 e. The number of aromatic carboxylic acids is 1. The van der Waals surface area contributed by atoms with Crippen molar-refractivity contribution in [2.45, 2.75) is 6.92 Å². The van der Waals surface area contributed by atoms with Crippen LogP contribution in [-0.4, -0.2) is 22.0 Å². The summed E-state index contributed by atoms with van der Waals surface area (Å²) >= 11 is 6.07. The van der Waals surface area contributed by atoms with E-state index in [4.69, 9.17) is 16.7 Å². The van der Waals surface area contributed by atoms with Crippen molar-refractivity contribution < 1.29 is 14.7 Å². The van der Waals surface area contributed by atoms with Crippen LogP contribution in [-0.2, 0) is 0 Å². The number of hydrogen-bond acceptors (Lipinski definition) is 3. The van der Waals surface area contributed by atoms with Gasteiger partial charge in [0.25, 0.3) is 5.91 Å². The molecule has 0 bridgehead atoms. The predicted octanol–water partition coefficient (Wildman–Crippen LogP) is 2.99. The molecule has 1 aromatic heterocycles. The first-order chi connectivity index (χ1) is 9.49. The van der Waals surface area contributed by atoms with Crippen LogP contribution in [0.4, 0.5) is 5.69 Å². The standard InChI is InChI=1S/C14H11ClN2O3/c1-8-3-2-4-11(12(8)15)13(18)17-10-5-9(14(19)20)6-16-7-10/h2-7H,1H3,(H,17,18)(H,19,20). The van der Waals surface area contributed by atoms with E-state index in [0.29, 0.717) is 16.3 Å². The van der Waals surface area contributed by atoms with Crippen LogP contribution in [0.5, 0.6) is 0 Å². The number of amides is 1. The average Bonchev–Trinajstić information content (AvgIpc) is 2.42. The molecule has 0 unspecified atom stereocenters. The molecule has 1 heterocycles. The van der Waals surface area contributed by atoms with Gasteiger partial charge in [-0.3, -0.25) is 9.78 Å². The highest BCUT2D eigenvalue weighted by Gasteiger charge is 2.13. The van der Waals surface area contributed by atoms with Crippen LogP contribution in [0.1, 0.15) is 26.3 Å². The number of carboxylic acids is 1. The van der Waals surface area contributed by atoms with Crippen LogP contribution in [0.2, 0.25) is 5.02 Å². The Morgan fingerprint density at radius 1 is 1.30 bits per heavy atom. The van der Waals surface area contributed by atoms with Crippen LogP contribution in [0.15, 0.2) is 36.7 Å². The molecule has 0 saturated heterocycles. The Kier molecular flexibility index (Phi) is 4.00. The van der Waals surface area contributed by atoms with Crippen molar-refractivity contribution in [3.05, 3.63) is 58.4 Å². The topological polar surface area (TPSA) is 79.3 Å². The number of aryl methyl sites for hydroxylation is 1. The fourth-order valence-corrected chi connectivity index (χ4v) is 1.86. The highest BCUT2D eigenvalue weighted by atomic mass is 35.5. The number of carbonyl (C=O) groups is 2. The molecule has 0 saturated carbocycles. The molecule has 0 fully saturated rings. The highest BCUT2D eigenvalue weighted by Crippen LogP contribution is 2.21. The number of carbonyl (C=O) groups excluding carboxylic acids is 1.